The zero-order valence-electron chi connectivity index (χ0n) is 6.16. The topological polar surface area (TPSA) is 46.6 Å². The molecule has 0 unspecified atom stereocenters. The molecular formula is C6H11NO3. The van der Waals surface area contributed by atoms with Gasteiger partial charge in [-0.15, -0.1) is 5.06 Å². The lowest BCUT2D eigenvalue weighted by atomic mass is 10.6. The molecule has 0 N–H and O–H groups in total. The number of aldehydes is 1. The van der Waals surface area contributed by atoms with E-state index in [1.165, 1.54) is 12.0 Å². The van der Waals surface area contributed by atoms with Crippen LogP contribution in [0.3, 0.4) is 0 Å². The number of likely N-dealkylation sites (N-methyl/N-ethyl adjacent to an activating group) is 1. The number of hydrogen-bond donors (Lipinski definition) is 0. The Bertz CT molecular complexity index is 124. The van der Waals surface area contributed by atoms with E-state index in [9.17, 15) is 9.59 Å². The summed E-state index contributed by atoms with van der Waals surface area (Å²) in [7, 11) is 0. The Morgan fingerprint density at radius 3 is 2.60 bits per heavy atom. The fraction of sp³-hybridized carbons (Fsp3) is 0.667. The largest absolute Gasteiger partial charge is 0.368 e. The first-order chi connectivity index (χ1) is 4.70. The number of rotatable bonds is 4. The van der Waals surface area contributed by atoms with Crippen LogP contribution in [0, 0.1) is 0 Å². The van der Waals surface area contributed by atoms with Gasteiger partial charge in [-0.25, -0.2) is 0 Å². The summed E-state index contributed by atoms with van der Waals surface area (Å²) >= 11 is 0. The van der Waals surface area contributed by atoms with Crippen molar-refractivity contribution in [2.75, 3.05) is 13.1 Å². The van der Waals surface area contributed by atoms with Crippen LogP contribution in [0.25, 0.3) is 0 Å². The van der Waals surface area contributed by atoms with Crippen LogP contribution >= 0.6 is 0 Å². The average molecular weight is 145 g/mol. The van der Waals surface area contributed by atoms with Gasteiger partial charge in [0.15, 0.2) is 0 Å². The van der Waals surface area contributed by atoms with E-state index in [-0.39, 0.29) is 6.54 Å². The van der Waals surface area contributed by atoms with Crippen molar-refractivity contribution in [3.8, 4) is 0 Å². The second kappa shape index (κ2) is 4.93. The van der Waals surface area contributed by atoms with Crippen LogP contribution in [0.2, 0.25) is 0 Å². The minimum atomic E-state index is -0.399. The molecule has 0 atom stereocenters. The molecule has 0 aromatic rings. The van der Waals surface area contributed by atoms with Gasteiger partial charge in [-0.1, -0.05) is 0 Å². The van der Waals surface area contributed by atoms with E-state index in [1.54, 1.807) is 6.92 Å². The molecule has 10 heavy (non-hydrogen) atoms. The molecular weight excluding hydrogens is 134 g/mol. The third-order valence-corrected chi connectivity index (χ3v) is 0.889. The highest BCUT2D eigenvalue weighted by molar-refractivity contribution is 5.65. The Hall–Kier alpha value is -0.900. The molecule has 0 aromatic carbocycles. The molecule has 0 aliphatic rings. The fourth-order valence-corrected chi connectivity index (χ4v) is 0.496. The van der Waals surface area contributed by atoms with Gasteiger partial charge in [0, 0.05) is 13.5 Å². The SMILES string of the molecule is CCN(CC=O)OC(C)=O. The quantitative estimate of drug-likeness (QED) is 0.412. The molecule has 4 nitrogen and oxygen atoms in total. The van der Waals surface area contributed by atoms with Crippen LogP contribution < -0.4 is 0 Å². The summed E-state index contributed by atoms with van der Waals surface area (Å²) in [6.45, 7) is 3.76. The first-order valence-corrected chi connectivity index (χ1v) is 3.07. The molecule has 0 heterocycles. The van der Waals surface area contributed by atoms with Crippen molar-refractivity contribution in [1.82, 2.24) is 5.06 Å². The van der Waals surface area contributed by atoms with E-state index in [0.29, 0.717) is 12.8 Å². The number of hydrogen-bond acceptors (Lipinski definition) is 4. The molecule has 0 fully saturated rings. The molecule has 0 aliphatic heterocycles. The lowest BCUT2D eigenvalue weighted by Crippen LogP contribution is -2.27. The van der Waals surface area contributed by atoms with Gasteiger partial charge in [0.25, 0.3) is 0 Å². The molecule has 0 saturated carbocycles. The lowest BCUT2D eigenvalue weighted by molar-refractivity contribution is -0.185. The predicted molar refractivity (Wildman–Crippen MR) is 35.1 cm³/mol. The normalized spacial score (nSPS) is 9.50. The zero-order chi connectivity index (χ0) is 7.98. The van der Waals surface area contributed by atoms with Crippen molar-refractivity contribution < 1.29 is 14.4 Å². The summed E-state index contributed by atoms with van der Waals surface area (Å²) in [6.07, 6.45) is 0.687. The van der Waals surface area contributed by atoms with Gasteiger partial charge < -0.3 is 9.63 Å². The van der Waals surface area contributed by atoms with Crippen molar-refractivity contribution in [2.24, 2.45) is 0 Å². The van der Waals surface area contributed by atoms with Gasteiger partial charge in [0.1, 0.15) is 6.29 Å². The number of hydroxylamine groups is 2. The van der Waals surface area contributed by atoms with Crippen molar-refractivity contribution in [3.63, 3.8) is 0 Å². The molecule has 0 spiro atoms. The third-order valence-electron chi connectivity index (χ3n) is 0.889. The standard InChI is InChI=1S/C6H11NO3/c1-3-7(4-5-8)10-6(2)9/h5H,3-4H2,1-2H3. The van der Waals surface area contributed by atoms with Crippen molar-refractivity contribution >= 4 is 12.3 Å². The van der Waals surface area contributed by atoms with Crippen molar-refractivity contribution in [1.29, 1.82) is 0 Å². The maximum Gasteiger partial charge on any atom is 0.322 e. The minimum Gasteiger partial charge on any atom is -0.368 e. The average Bonchev–Trinajstić information content (AvgIpc) is 1.86. The highest BCUT2D eigenvalue weighted by atomic mass is 16.7. The zero-order valence-corrected chi connectivity index (χ0v) is 6.16. The molecule has 0 aromatic heterocycles. The Kier molecular flexibility index (Phi) is 4.49. The van der Waals surface area contributed by atoms with E-state index in [1.807, 2.05) is 0 Å². The summed E-state index contributed by atoms with van der Waals surface area (Å²) in [5, 5.41) is 1.29. The number of carbonyl (C=O) groups is 2. The predicted octanol–water partition coefficient (Wildman–Crippen LogP) is -0.0147. The van der Waals surface area contributed by atoms with Crippen molar-refractivity contribution in [2.45, 2.75) is 13.8 Å². The Morgan fingerprint density at radius 1 is 1.70 bits per heavy atom. The third kappa shape index (κ3) is 4.03. The van der Waals surface area contributed by atoms with E-state index in [2.05, 4.69) is 4.84 Å². The van der Waals surface area contributed by atoms with Gasteiger partial charge >= 0.3 is 5.97 Å². The van der Waals surface area contributed by atoms with Crippen LogP contribution in [0.5, 0.6) is 0 Å². The Balaban J connectivity index is 3.59. The van der Waals surface area contributed by atoms with Crippen LogP contribution in [-0.4, -0.2) is 30.4 Å². The maximum atomic E-state index is 10.3. The van der Waals surface area contributed by atoms with Gasteiger partial charge in [0.05, 0.1) is 6.54 Å². The van der Waals surface area contributed by atoms with E-state index < -0.39 is 5.97 Å². The first-order valence-electron chi connectivity index (χ1n) is 3.07. The molecule has 4 heteroatoms. The fourth-order valence-electron chi connectivity index (χ4n) is 0.496. The van der Waals surface area contributed by atoms with Crippen LogP contribution in [0.1, 0.15) is 13.8 Å². The molecule has 0 rings (SSSR count). The number of carbonyl (C=O) groups excluding carboxylic acids is 2. The highest BCUT2D eigenvalue weighted by Crippen LogP contribution is 1.87. The van der Waals surface area contributed by atoms with Crippen LogP contribution in [0.15, 0.2) is 0 Å². The summed E-state index contributed by atoms with van der Waals surface area (Å²) < 4.78 is 0. The van der Waals surface area contributed by atoms with Crippen molar-refractivity contribution in [3.05, 3.63) is 0 Å². The molecule has 0 radical (unpaired) electrons. The molecule has 0 bridgehead atoms. The van der Waals surface area contributed by atoms with Gasteiger partial charge in [-0.3, -0.25) is 4.79 Å². The monoisotopic (exact) mass is 145 g/mol. The van der Waals surface area contributed by atoms with E-state index in [4.69, 9.17) is 0 Å². The lowest BCUT2D eigenvalue weighted by Gasteiger charge is -2.14. The van der Waals surface area contributed by atoms with Gasteiger partial charge in [0.2, 0.25) is 0 Å². The second-order valence-corrected chi connectivity index (χ2v) is 1.73. The Labute approximate surface area is 59.7 Å². The second-order valence-electron chi connectivity index (χ2n) is 1.73. The van der Waals surface area contributed by atoms with Gasteiger partial charge in [-0.05, 0) is 6.92 Å². The van der Waals surface area contributed by atoms with Gasteiger partial charge in [-0.2, -0.15) is 0 Å². The first kappa shape index (κ1) is 9.10. The highest BCUT2D eigenvalue weighted by Gasteiger charge is 2.02. The van der Waals surface area contributed by atoms with Crippen LogP contribution in [0.4, 0.5) is 0 Å². The summed E-state index contributed by atoms with van der Waals surface area (Å²) in [5.41, 5.74) is 0. The molecule has 0 saturated heterocycles. The van der Waals surface area contributed by atoms with E-state index in [0.717, 1.165) is 0 Å². The number of nitrogens with zero attached hydrogens (tertiary/aromatic N) is 1. The minimum absolute atomic E-state index is 0.135. The molecule has 0 aliphatic carbocycles. The molecule has 0 amide bonds. The Morgan fingerprint density at radius 2 is 2.30 bits per heavy atom. The summed E-state index contributed by atoms with van der Waals surface area (Å²) in [5.74, 6) is -0.399. The molecule has 58 valence electrons. The maximum absolute atomic E-state index is 10.3. The summed E-state index contributed by atoms with van der Waals surface area (Å²) in [6, 6.07) is 0. The summed E-state index contributed by atoms with van der Waals surface area (Å²) in [4.78, 5) is 24.8. The smallest absolute Gasteiger partial charge is 0.322 e. The van der Waals surface area contributed by atoms with E-state index >= 15 is 0 Å². The van der Waals surface area contributed by atoms with Crippen LogP contribution in [-0.2, 0) is 14.4 Å².